The number of hydrogen-bond acceptors (Lipinski definition) is 6. The van der Waals surface area contributed by atoms with Crippen molar-refractivity contribution in [3.8, 4) is 10.4 Å². The van der Waals surface area contributed by atoms with E-state index in [2.05, 4.69) is 24.5 Å². The molecule has 1 saturated carbocycles. The topological polar surface area (TPSA) is 137 Å². The number of hydrogen-bond donors (Lipinski definition) is 4. The fraction of sp³-hybridized carbons (Fsp3) is 0.423. The number of ether oxygens (including phenoxy) is 1. The van der Waals surface area contributed by atoms with E-state index in [9.17, 15) is 14.4 Å². The molecule has 3 amide bonds. The first-order valence-electron chi connectivity index (χ1n) is 11.9. The zero-order valence-electron chi connectivity index (χ0n) is 20.2. The molecule has 0 aliphatic heterocycles. The lowest BCUT2D eigenvalue weighted by atomic mass is 10.0. The van der Waals surface area contributed by atoms with Crippen molar-refractivity contribution in [3.63, 3.8) is 0 Å². The summed E-state index contributed by atoms with van der Waals surface area (Å²) in [5.41, 5.74) is 12.7. The highest BCUT2D eigenvalue weighted by Gasteiger charge is 2.25. The smallest absolute Gasteiger partial charge is 0.323 e. The minimum absolute atomic E-state index is 0.0677. The fourth-order valence-electron chi connectivity index (χ4n) is 4.07. The number of primary amides is 2. The molecule has 188 valence electrons. The highest BCUT2D eigenvalue weighted by atomic mass is 32.1. The highest BCUT2D eigenvalue weighted by molar-refractivity contribution is 7.20. The van der Waals surface area contributed by atoms with Crippen molar-refractivity contribution in [2.45, 2.75) is 58.1 Å². The van der Waals surface area contributed by atoms with Crippen molar-refractivity contribution in [1.29, 1.82) is 0 Å². The van der Waals surface area contributed by atoms with Gasteiger partial charge in [-0.05, 0) is 55.2 Å². The van der Waals surface area contributed by atoms with Crippen molar-refractivity contribution in [2.24, 2.45) is 17.4 Å². The maximum absolute atomic E-state index is 12.6. The Labute approximate surface area is 210 Å². The first-order chi connectivity index (χ1) is 16.7. The third-order valence-electron chi connectivity index (χ3n) is 5.80. The Morgan fingerprint density at radius 3 is 2.43 bits per heavy atom. The lowest BCUT2D eigenvalue weighted by molar-refractivity contribution is -0.151. The molecule has 1 aliphatic carbocycles. The lowest BCUT2D eigenvalue weighted by Crippen LogP contribution is -2.40. The van der Waals surface area contributed by atoms with Crippen LogP contribution in [0.4, 0.5) is 9.80 Å². The molecule has 6 N–H and O–H groups in total. The van der Waals surface area contributed by atoms with E-state index in [0.717, 1.165) is 48.1 Å². The number of nitrogens with one attached hydrogen (secondary N) is 2. The fourth-order valence-corrected chi connectivity index (χ4v) is 5.14. The zero-order valence-corrected chi connectivity index (χ0v) is 21.0. The molecule has 0 spiro atoms. The van der Waals surface area contributed by atoms with Gasteiger partial charge in [0.2, 0.25) is 0 Å². The van der Waals surface area contributed by atoms with Crippen LogP contribution >= 0.6 is 11.3 Å². The van der Waals surface area contributed by atoms with Gasteiger partial charge >= 0.3 is 12.0 Å². The average molecular weight is 499 g/mol. The van der Waals surface area contributed by atoms with Crippen LogP contribution in [0.15, 0.2) is 36.4 Å². The molecule has 0 radical (unpaired) electrons. The second-order valence-electron chi connectivity index (χ2n) is 9.17. The van der Waals surface area contributed by atoms with Crippen molar-refractivity contribution >= 4 is 40.3 Å². The summed E-state index contributed by atoms with van der Waals surface area (Å²) < 4.78 is 5.71. The van der Waals surface area contributed by atoms with Gasteiger partial charge < -0.3 is 21.5 Å². The van der Waals surface area contributed by atoms with E-state index in [1.165, 1.54) is 11.3 Å². The van der Waals surface area contributed by atoms with E-state index in [1.54, 1.807) is 6.07 Å². The molecular weight excluding hydrogens is 464 g/mol. The van der Waals surface area contributed by atoms with Crippen LogP contribution in [-0.4, -0.2) is 36.6 Å². The maximum Gasteiger partial charge on any atom is 0.323 e. The van der Waals surface area contributed by atoms with Crippen LogP contribution in [0.3, 0.4) is 0 Å². The molecule has 1 aliphatic rings. The van der Waals surface area contributed by atoms with E-state index in [-0.39, 0.29) is 23.7 Å². The van der Waals surface area contributed by atoms with Gasteiger partial charge in [0.05, 0.1) is 5.56 Å². The number of thiophene rings is 1. The predicted molar refractivity (Wildman–Crippen MR) is 140 cm³/mol. The number of benzene rings is 1. The summed E-state index contributed by atoms with van der Waals surface area (Å²) in [5.74, 6) is -0.405. The number of anilines is 1. The van der Waals surface area contributed by atoms with Gasteiger partial charge in [-0.2, -0.15) is 0 Å². The van der Waals surface area contributed by atoms with Crippen LogP contribution in [0.1, 0.15) is 61.9 Å². The van der Waals surface area contributed by atoms with E-state index < -0.39 is 11.9 Å². The number of urea groups is 1. The van der Waals surface area contributed by atoms with Gasteiger partial charge in [0.25, 0.3) is 5.91 Å². The maximum atomic E-state index is 12.6. The SMILES string of the molecule is CC(C)CC(NC/C=C/c1ccc(-c2cc(C(N)=O)c(NC(N)=O)s2)cc1)C(=O)OC1CCCC1. The number of esters is 1. The number of carbonyl (C=O) groups excluding carboxylic acids is 3. The summed E-state index contributed by atoms with van der Waals surface area (Å²) in [6, 6.07) is 8.35. The average Bonchev–Trinajstić information content (AvgIpc) is 3.45. The van der Waals surface area contributed by atoms with Gasteiger partial charge in [0, 0.05) is 11.4 Å². The molecule has 1 heterocycles. The molecule has 1 aromatic heterocycles. The summed E-state index contributed by atoms with van der Waals surface area (Å²) in [6.45, 7) is 4.75. The molecule has 3 rings (SSSR count). The monoisotopic (exact) mass is 498 g/mol. The molecule has 35 heavy (non-hydrogen) atoms. The quantitative estimate of drug-likeness (QED) is 0.338. The molecule has 1 aromatic carbocycles. The van der Waals surface area contributed by atoms with Crippen LogP contribution in [0.2, 0.25) is 0 Å². The van der Waals surface area contributed by atoms with E-state index in [0.29, 0.717) is 17.5 Å². The summed E-state index contributed by atoms with van der Waals surface area (Å²) in [7, 11) is 0. The van der Waals surface area contributed by atoms with Crippen molar-refractivity contribution in [2.75, 3.05) is 11.9 Å². The first-order valence-corrected chi connectivity index (χ1v) is 12.8. The molecule has 9 heteroatoms. The Morgan fingerprint density at radius 2 is 1.83 bits per heavy atom. The molecular formula is C26H34N4O4S. The first kappa shape index (κ1) is 26.4. The predicted octanol–water partition coefficient (Wildman–Crippen LogP) is 4.51. The Morgan fingerprint density at radius 1 is 1.14 bits per heavy atom. The van der Waals surface area contributed by atoms with Crippen LogP contribution < -0.4 is 22.1 Å². The van der Waals surface area contributed by atoms with Gasteiger partial charge in [0.1, 0.15) is 17.1 Å². The van der Waals surface area contributed by atoms with E-state index >= 15 is 0 Å². The Balaban J connectivity index is 1.59. The summed E-state index contributed by atoms with van der Waals surface area (Å²) >= 11 is 1.23. The van der Waals surface area contributed by atoms with Crippen LogP contribution in [0.5, 0.6) is 0 Å². The van der Waals surface area contributed by atoms with Crippen LogP contribution in [0.25, 0.3) is 16.5 Å². The molecule has 0 bridgehead atoms. The van der Waals surface area contributed by atoms with E-state index in [1.807, 2.05) is 36.4 Å². The number of amides is 3. The van der Waals surface area contributed by atoms with E-state index in [4.69, 9.17) is 16.2 Å². The number of nitrogens with two attached hydrogens (primary N) is 2. The van der Waals surface area contributed by atoms with Gasteiger partial charge in [0.15, 0.2) is 0 Å². The summed E-state index contributed by atoms with van der Waals surface area (Å²) in [4.78, 5) is 36.3. The Kier molecular flexibility index (Phi) is 9.45. The minimum atomic E-state index is -0.752. The minimum Gasteiger partial charge on any atom is -0.461 e. The second-order valence-corrected chi connectivity index (χ2v) is 10.2. The third kappa shape index (κ3) is 7.93. The second kappa shape index (κ2) is 12.5. The molecule has 1 fully saturated rings. The normalized spacial score (nSPS) is 14.9. The number of carbonyl (C=O) groups is 3. The standard InChI is InChI=1S/C26H34N4O4S/c1-16(2)14-21(25(32)34-19-7-3-4-8-19)29-13-5-6-17-9-11-18(12-10-17)22-15-20(23(27)31)24(35-22)30-26(28)33/h5-6,9-12,15-16,19,21,29H,3-4,7-8,13-14H2,1-2H3,(H2,27,31)(H3,28,30,33)/b6-5+. The number of rotatable bonds is 11. The largest absolute Gasteiger partial charge is 0.461 e. The lowest BCUT2D eigenvalue weighted by Gasteiger charge is -2.21. The zero-order chi connectivity index (χ0) is 25.4. The van der Waals surface area contributed by atoms with Gasteiger partial charge in [-0.25, -0.2) is 4.79 Å². The van der Waals surface area contributed by atoms with Crippen LogP contribution in [0, 0.1) is 5.92 Å². The molecule has 1 unspecified atom stereocenters. The van der Waals surface area contributed by atoms with Gasteiger partial charge in [-0.15, -0.1) is 11.3 Å². The van der Waals surface area contributed by atoms with Gasteiger partial charge in [-0.1, -0.05) is 50.3 Å². The summed E-state index contributed by atoms with van der Waals surface area (Å²) in [6.07, 6.45) is 8.96. The van der Waals surface area contributed by atoms with Crippen molar-refractivity contribution < 1.29 is 19.1 Å². The Bertz CT molecular complexity index is 1060. The summed E-state index contributed by atoms with van der Waals surface area (Å²) in [5, 5.41) is 6.09. The van der Waals surface area contributed by atoms with Gasteiger partial charge in [-0.3, -0.25) is 14.9 Å². The molecule has 8 nitrogen and oxygen atoms in total. The molecule has 2 aromatic rings. The highest BCUT2D eigenvalue weighted by Crippen LogP contribution is 2.35. The van der Waals surface area contributed by atoms with Crippen molar-refractivity contribution in [3.05, 3.63) is 47.5 Å². The van der Waals surface area contributed by atoms with Crippen LogP contribution in [-0.2, 0) is 9.53 Å². The third-order valence-corrected chi connectivity index (χ3v) is 6.90. The molecule has 1 atom stereocenters. The Hall–Kier alpha value is -3.17. The molecule has 0 saturated heterocycles. The van der Waals surface area contributed by atoms with Crippen molar-refractivity contribution in [1.82, 2.24) is 5.32 Å².